The van der Waals surface area contributed by atoms with Crippen molar-refractivity contribution in [1.82, 2.24) is 10.1 Å². The minimum Gasteiger partial charge on any atom is -0.370 e. The number of hydrogen-bond acceptors (Lipinski definition) is 5. The first-order valence-electron chi connectivity index (χ1n) is 6.93. The van der Waals surface area contributed by atoms with E-state index in [1.165, 1.54) is 32.1 Å². The van der Waals surface area contributed by atoms with Crippen LogP contribution in [0.25, 0.3) is 0 Å². The van der Waals surface area contributed by atoms with Gasteiger partial charge in [-0.05, 0) is 32.6 Å². The molecule has 2 rings (SSSR count). The Morgan fingerprint density at radius 2 is 2.11 bits per heavy atom. The molecule has 1 fully saturated rings. The molecule has 1 aliphatic carbocycles. The van der Waals surface area contributed by atoms with Crippen molar-refractivity contribution >= 4 is 0 Å². The zero-order chi connectivity index (χ0) is 13.0. The molecule has 5 heteroatoms. The SMILES string of the molecule is CCOC(c1noc([C@@H](C)N)n1)C1CCCCC1. The lowest BCUT2D eigenvalue weighted by atomic mass is 9.85. The number of hydrogen-bond donors (Lipinski definition) is 1. The molecule has 5 nitrogen and oxygen atoms in total. The van der Waals surface area contributed by atoms with E-state index < -0.39 is 0 Å². The summed E-state index contributed by atoms with van der Waals surface area (Å²) in [5.74, 6) is 1.67. The van der Waals surface area contributed by atoms with Gasteiger partial charge in [-0.1, -0.05) is 24.4 Å². The van der Waals surface area contributed by atoms with Gasteiger partial charge in [0, 0.05) is 6.61 Å². The first-order valence-corrected chi connectivity index (χ1v) is 6.93. The molecule has 18 heavy (non-hydrogen) atoms. The molecular formula is C13H23N3O2. The molecule has 0 saturated heterocycles. The molecule has 1 aliphatic rings. The highest BCUT2D eigenvalue weighted by molar-refractivity contribution is 4.97. The van der Waals surface area contributed by atoms with E-state index in [1.54, 1.807) is 0 Å². The van der Waals surface area contributed by atoms with Crippen LogP contribution >= 0.6 is 0 Å². The number of ether oxygens (including phenoxy) is 1. The number of nitrogens with two attached hydrogens (primary N) is 1. The summed E-state index contributed by atoms with van der Waals surface area (Å²) >= 11 is 0. The summed E-state index contributed by atoms with van der Waals surface area (Å²) in [7, 11) is 0. The van der Waals surface area contributed by atoms with E-state index in [9.17, 15) is 0 Å². The van der Waals surface area contributed by atoms with Crippen LogP contribution < -0.4 is 5.73 Å². The van der Waals surface area contributed by atoms with Crippen LogP contribution in [0.1, 0.15) is 69.8 Å². The van der Waals surface area contributed by atoms with E-state index in [2.05, 4.69) is 10.1 Å². The van der Waals surface area contributed by atoms with Crippen molar-refractivity contribution in [2.45, 2.75) is 58.1 Å². The molecule has 0 radical (unpaired) electrons. The fourth-order valence-electron chi connectivity index (χ4n) is 2.59. The van der Waals surface area contributed by atoms with Gasteiger partial charge in [0.2, 0.25) is 11.7 Å². The van der Waals surface area contributed by atoms with Crippen LogP contribution in [0, 0.1) is 5.92 Å². The molecule has 1 heterocycles. The normalized spacial score (nSPS) is 20.8. The summed E-state index contributed by atoms with van der Waals surface area (Å²) in [6.07, 6.45) is 6.21. The summed E-state index contributed by atoms with van der Waals surface area (Å²) < 4.78 is 11.0. The van der Waals surface area contributed by atoms with Crippen molar-refractivity contribution in [1.29, 1.82) is 0 Å². The van der Waals surface area contributed by atoms with E-state index in [-0.39, 0.29) is 12.1 Å². The van der Waals surface area contributed by atoms with Gasteiger partial charge in [-0.3, -0.25) is 0 Å². The number of rotatable bonds is 5. The van der Waals surface area contributed by atoms with Gasteiger partial charge in [-0.15, -0.1) is 0 Å². The van der Waals surface area contributed by atoms with E-state index in [4.69, 9.17) is 15.0 Å². The molecule has 1 unspecified atom stereocenters. The zero-order valence-electron chi connectivity index (χ0n) is 11.3. The Morgan fingerprint density at radius 3 is 2.67 bits per heavy atom. The average molecular weight is 253 g/mol. The lowest BCUT2D eigenvalue weighted by Crippen LogP contribution is -2.20. The standard InChI is InChI=1S/C13H23N3O2/c1-3-17-11(10-7-5-4-6-8-10)12-15-13(9(2)14)18-16-12/h9-11H,3-8,14H2,1-2H3/t9-,11?/m1/s1. The van der Waals surface area contributed by atoms with Crippen molar-refractivity contribution < 1.29 is 9.26 Å². The van der Waals surface area contributed by atoms with Crippen molar-refractivity contribution in [3.8, 4) is 0 Å². The second kappa shape index (κ2) is 6.29. The Morgan fingerprint density at radius 1 is 1.39 bits per heavy atom. The highest BCUT2D eigenvalue weighted by atomic mass is 16.5. The highest BCUT2D eigenvalue weighted by Crippen LogP contribution is 2.35. The molecule has 1 saturated carbocycles. The molecule has 1 aromatic rings. The molecule has 1 aromatic heterocycles. The number of nitrogens with zero attached hydrogens (tertiary/aromatic N) is 2. The lowest BCUT2D eigenvalue weighted by molar-refractivity contribution is -0.00145. The smallest absolute Gasteiger partial charge is 0.243 e. The van der Waals surface area contributed by atoms with Gasteiger partial charge in [-0.25, -0.2) is 0 Å². The fraction of sp³-hybridized carbons (Fsp3) is 0.846. The van der Waals surface area contributed by atoms with Gasteiger partial charge in [0.1, 0.15) is 6.10 Å². The predicted molar refractivity (Wildman–Crippen MR) is 67.8 cm³/mol. The Kier molecular flexibility index (Phi) is 4.72. The lowest BCUT2D eigenvalue weighted by Gasteiger charge is -2.27. The Labute approximate surface area is 108 Å². The largest absolute Gasteiger partial charge is 0.370 e. The van der Waals surface area contributed by atoms with Crippen LogP contribution in [0.2, 0.25) is 0 Å². The van der Waals surface area contributed by atoms with E-state index in [0.717, 1.165) is 0 Å². The molecule has 0 amide bonds. The van der Waals surface area contributed by atoms with E-state index in [1.807, 2.05) is 13.8 Å². The van der Waals surface area contributed by atoms with Gasteiger partial charge in [-0.2, -0.15) is 4.98 Å². The van der Waals surface area contributed by atoms with Crippen LogP contribution in [0.15, 0.2) is 4.52 Å². The summed E-state index contributed by atoms with van der Waals surface area (Å²) in [6, 6.07) is -0.222. The average Bonchev–Trinajstić information content (AvgIpc) is 2.86. The highest BCUT2D eigenvalue weighted by Gasteiger charge is 2.29. The monoisotopic (exact) mass is 253 g/mol. The van der Waals surface area contributed by atoms with Gasteiger partial charge < -0.3 is 15.0 Å². The second-order valence-electron chi connectivity index (χ2n) is 5.05. The minimum atomic E-state index is -0.222. The van der Waals surface area contributed by atoms with Crippen LogP contribution in [0.5, 0.6) is 0 Å². The molecule has 102 valence electrons. The Hall–Kier alpha value is -0.940. The maximum atomic E-state index is 5.83. The molecule has 0 aliphatic heterocycles. The minimum absolute atomic E-state index is 0.0356. The predicted octanol–water partition coefficient (Wildman–Crippen LogP) is 2.75. The third-order valence-corrected chi connectivity index (χ3v) is 3.53. The molecule has 2 atom stereocenters. The van der Waals surface area contributed by atoms with Gasteiger partial charge in [0.25, 0.3) is 0 Å². The van der Waals surface area contributed by atoms with Crippen LogP contribution in [-0.4, -0.2) is 16.7 Å². The molecule has 0 spiro atoms. The zero-order valence-corrected chi connectivity index (χ0v) is 11.3. The summed E-state index contributed by atoms with van der Waals surface area (Å²) in [4.78, 5) is 4.38. The third kappa shape index (κ3) is 3.09. The summed E-state index contributed by atoms with van der Waals surface area (Å²) in [6.45, 7) is 4.51. The first-order chi connectivity index (χ1) is 8.72. The molecule has 2 N–H and O–H groups in total. The molecular weight excluding hydrogens is 230 g/mol. The fourth-order valence-corrected chi connectivity index (χ4v) is 2.59. The van der Waals surface area contributed by atoms with Crippen molar-refractivity contribution in [3.63, 3.8) is 0 Å². The Balaban J connectivity index is 2.11. The molecule has 0 aromatic carbocycles. The Bertz CT molecular complexity index is 359. The maximum absolute atomic E-state index is 5.83. The van der Waals surface area contributed by atoms with Gasteiger partial charge >= 0.3 is 0 Å². The molecule has 0 bridgehead atoms. The van der Waals surface area contributed by atoms with Crippen molar-refractivity contribution in [2.75, 3.05) is 6.61 Å². The van der Waals surface area contributed by atoms with Crippen LogP contribution in [0.4, 0.5) is 0 Å². The van der Waals surface area contributed by atoms with Gasteiger partial charge in [0.05, 0.1) is 6.04 Å². The second-order valence-corrected chi connectivity index (χ2v) is 5.05. The van der Waals surface area contributed by atoms with Crippen LogP contribution in [0.3, 0.4) is 0 Å². The first kappa shape index (κ1) is 13.5. The van der Waals surface area contributed by atoms with E-state index >= 15 is 0 Å². The summed E-state index contributed by atoms with van der Waals surface area (Å²) in [5.41, 5.74) is 5.74. The van der Waals surface area contributed by atoms with E-state index in [0.29, 0.717) is 24.2 Å². The quantitative estimate of drug-likeness (QED) is 0.873. The summed E-state index contributed by atoms with van der Waals surface area (Å²) in [5, 5.41) is 4.04. The van der Waals surface area contributed by atoms with Crippen LogP contribution in [-0.2, 0) is 4.74 Å². The topological polar surface area (TPSA) is 74.2 Å². The van der Waals surface area contributed by atoms with Crippen molar-refractivity contribution in [3.05, 3.63) is 11.7 Å². The number of aromatic nitrogens is 2. The maximum Gasteiger partial charge on any atom is 0.243 e. The van der Waals surface area contributed by atoms with Crippen molar-refractivity contribution in [2.24, 2.45) is 11.7 Å². The van der Waals surface area contributed by atoms with Gasteiger partial charge in [0.15, 0.2) is 0 Å². The third-order valence-electron chi connectivity index (χ3n) is 3.53.